The van der Waals surface area contributed by atoms with E-state index in [1.807, 2.05) is 36.4 Å². The number of Topliss-reactive ketones (excluding diaryl/α,β-unsaturated/α-hetero) is 1. The van der Waals surface area contributed by atoms with E-state index >= 15 is 0 Å². The Labute approximate surface area is 217 Å². The lowest BCUT2D eigenvalue weighted by Crippen LogP contribution is -2.30. The number of amides is 1. The van der Waals surface area contributed by atoms with Gasteiger partial charge in [-0.15, -0.1) is 0 Å². The zero-order valence-corrected chi connectivity index (χ0v) is 20.7. The average molecular weight is 509 g/mol. The van der Waals surface area contributed by atoms with Gasteiger partial charge in [0.05, 0.1) is 25.8 Å². The van der Waals surface area contributed by atoms with Gasteiger partial charge in [-0.25, -0.2) is 0 Å². The molecule has 5 aromatic rings. The third-order valence-corrected chi connectivity index (χ3v) is 6.93. The fraction of sp³-hybridized carbons (Fsp3) is 0.133. The van der Waals surface area contributed by atoms with E-state index in [2.05, 4.69) is 4.98 Å². The molecular weight excluding hydrogens is 484 g/mol. The van der Waals surface area contributed by atoms with Gasteiger partial charge >= 0.3 is 0 Å². The van der Waals surface area contributed by atoms with Gasteiger partial charge in [0.1, 0.15) is 5.75 Å². The van der Waals surface area contributed by atoms with Gasteiger partial charge in [0.15, 0.2) is 22.9 Å². The minimum atomic E-state index is -0.844. The number of nitrogens with one attached hydrogen (secondary N) is 1. The Bertz CT molecular complexity index is 1730. The van der Waals surface area contributed by atoms with Gasteiger partial charge in [-0.2, -0.15) is 0 Å². The molecule has 1 unspecified atom stereocenters. The van der Waals surface area contributed by atoms with E-state index in [0.717, 1.165) is 16.5 Å². The first-order valence-electron chi connectivity index (χ1n) is 12.0. The summed E-state index contributed by atoms with van der Waals surface area (Å²) in [4.78, 5) is 32.1. The van der Waals surface area contributed by atoms with Crippen molar-refractivity contribution < 1.29 is 28.6 Å². The summed E-state index contributed by atoms with van der Waals surface area (Å²) in [5.74, 6) is -0.612. The van der Waals surface area contributed by atoms with Crippen molar-refractivity contribution in [2.75, 3.05) is 14.2 Å². The monoisotopic (exact) mass is 508 g/mol. The van der Waals surface area contributed by atoms with Crippen LogP contribution >= 0.6 is 0 Å². The van der Waals surface area contributed by atoms with Crippen molar-refractivity contribution in [3.63, 3.8) is 0 Å². The molecule has 8 heteroatoms. The van der Waals surface area contributed by atoms with Gasteiger partial charge in [-0.05, 0) is 35.9 Å². The molecule has 6 rings (SSSR count). The number of methoxy groups -OCH3 is 2. The number of para-hydroxylation sites is 2. The molecule has 1 atom stereocenters. The number of benzene rings is 3. The number of aromatic amines is 1. The van der Waals surface area contributed by atoms with E-state index in [1.165, 1.54) is 12.0 Å². The third kappa shape index (κ3) is 3.69. The first kappa shape index (κ1) is 23.4. The number of carbonyl (C=O) groups excluding carboxylic acids is 2. The van der Waals surface area contributed by atoms with Crippen molar-refractivity contribution in [2.24, 2.45) is 0 Å². The molecule has 0 aliphatic carbocycles. The lowest BCUT2D eigenvalue weighted by molar-refractivity contribution is -0.130. The summed E-state index contributed by atoms with van der Waals surface area (Å²) in [6.07, 6.45) is 1.77. The Balaban J connectivity index is 1.47. The summed E-state index contributed by atoms with van der Waals surface area (Å²) in [5, 5.41) is 12.6. The number of ether oxygens (including phenoxy) is 2. The number of aromatic nitrogens is 1. The smallest absolute Gasteiger partial charge is 0.290 e. The summed E-state index contributed by atoms with van der Waals surface area (Å²) >= 11 is 0. The zero-order chi connectivity index (χ0) is 26.4. The quantitative estimate of drug-likeness (QED) is 0.273. The second-order valence-corrected chi connectivity index (χ2v) is 9.05. The minimum absolute atomic E-state index is 0.00925. The Morgan fingerprint density at radius 2 is 1.82 bits per heavy atom. The molecule has 190 valence electrons. The van der Waals surface area contributed by atoms with Gasteiger partial charge in [0, 0.05) is 34.6 Å². The highest BCUT2D eigenvalue weighted by molar-refractivity contribution is 6.16. The van der Waals surface area contributed by atoms with Crippen LogP contribution in [0.1, 0.15) is 27.7 Å². The number of carbonyl (C=O) groups is 2. The van der Waals surface area contributed by atoms with Gasteiger partial charge < -0.3 is 28.9 Å². The highest BCUT2D eigenvalue weighted by atomic mass is 16.5. The summed E-state index contributed by atoms with van der Waals surface area (Å²) < 4.78 is 16.5. The molecule has 38 heavy (non-hydrogen) atoms. The highest BCUT2D eigenvalue weighted by Gasteiger charge is 2.45. The molecule has 0 fully saturated rings. The fourth-order valence-electron chi connectivity index (χ4n) is 5.06. The van der Waals surface area contributed by atoms with E-state index in [9.17, 15) is 14.7 Å². The van der Waals surface area contributed by atoms with Crippen molar-refractivity contribution in [1.29, 1.82) is 0 Å². The lowest BCUT2D eigenvalue weighted by Gasteiger charge is -2.26. The standard InChI is InChI=1S/C30H24N2O6/c1-36-19-12-10-17(11-13-19)16-32-26(21-15-31-22-8-4-3-7-20(21)22)25(28(34)30(32)35)27(33)24-14-18-6-5-9-23(37-2)29(18)38-24/h3-15,26,31,34H,16H2,1-2H3. The van der Waals surface area contributed by atoms with Gasteiger partial charge in [-0.3, -0.25) is 9.59 Å². The molecule has 0 saturated heterocycles. The minimum Gasteiger partial charge on any atom is -0.503 e. The molecule has 0 radical (unpaired) electrons. The number of hydrogen-bond donors (Lipinski definition) is 2. The van der Waals surface area contributed by atoms with Crippen LogP contribution in [0.3, 0.4) is 0 Å². The molecule has 2 aromatic heterocycles. The number of ketones is 1. The fourth-order valence-corrected chi connectivity index (χ4v) is 5.06. The summed E-state index contributed by atoms with van der Waals surface area (Å²) in [6, 6.07) is 21.0. The molecule has 1 aliphatic rings. The van der Waals surface area contributed by atoms with E-state index in [-0.39, 0.29) is 17.9 Å². The van der Waals surface area contributed by atoms with E-state index < -0.39 is 23.5 Å². The number of hydrogen-bond acceptors (Lipinski definition) is 6. The predicted molar refractivity (Wildman–Crippen MR) is 141 cm³/mol. The number of furan rings is 1. The van der Waals surface area contributed by atoms with Crippen molar-refractivity contribution in [1.82, 2.24) is 9.88 Å². The van der Waals surface area contributed by atoms with Gasteiger partial charge in [-0.1, -0.05) is 42.5 Å². The van der Waals surface area contributed by atoms with Crippen LogP contribution in [0.4, 0.5) is 0 Å². The number of fused-ring (bicyclic) bond motifs is 2. The highest BCUT2D eigenvalue weighted by Crippen LogP contribution is 2.43. The SMILES string of the molecule is COc1ccc(CN2C(=O)C(O)=C(C(=O)c3cc4cccc(OC)c4o3)C2c2c[nH]c3ccccc23)cc1. The maximum atomic E-state index is 13.9. The van der Waals surface area contributed by atoms with E-state index in [0.29, 0.717) is 28.0 Å². The molecule has 8 nitrogen and oxygen atoms in total. The van der Waals surface area contributed by atoms with Crippen molar-refractivity contribution in [3.8, 4) is 11.5 Å². The molecule has 1 amide bonds. The van der Waals surface area contributed by atoms with Crippen LogP contribution in [0, 0.1) is 0 Å². The molecule has 0 saturated carbocycles. The number of rotatable bonds is 7. The first-order chi connectivity index (χ1) is 18.5. The molecule has 3 aromatic carbocycles. The van der Waals surface area contributed by atoms with Crippen LogP contribution in [0.2, 0.25) is 0 Å². The normalized spacial score (nSPS) is 15.6. The Morgan fingerprint density at radius 3 is 2.58 bits per heavy atom. The van der Waals surface area contributed by atoms with Crippen LogP contribution in [0.25, 0.3) is 21.9 Å². The Kier molecular flexibility index (Phi) is 5.64. The van der Waals surface area contributed by atoms with Crippen molar-refractivity contribution >= 4 is 33.6 Å². The van der Waals surface area contributed by atoms with E-state index in [1.54, 1.807) is 49.7 Å². The van der Waals surface area contributed by atoms with Crippen molar-refractivity contribution in [3.05, 3.63) is 107 Å². The third-order valence-electron chi connectivity index (χ3n) is 6.93. The van der Waals surface area contributed by atoms with Crippen LogP contribution in [-0.2, 0) is 11.3 Å². The summed E-state index contributed by atoms with van der Waals surface area (Å²) in [7, 11) is 3.10. The Morgan fingerprint density at radius 1 is 1.03 bits per heavy atom. The zero-order valence-electron chi connectivity index (χ0n) is 20.7. The topological polar surface area (TPSA) is 105 Å². The maximum Gasteiger partial charge on any atom is 0.290 e. The second-order valence-electron chi connectivity index (χ2n) is 9.05. The van der Waals surface area contributed by atoms with Gasteiger partial charge in [0.25, 0.3) is 5.91 Å². The van der Waals surface area contributed by atoms with Crippen LogP contribution in [0.15, 0.2) is 94.7 Å². The lowest BCUT2D eigenvalue weighted by atomic mass is 9.94. The molecular formula is C30H24N2O6. The number of nitrogens with zero attached hydrogens (tertiary/aromatic N) is 1. The summed E-state index contributed by atoms with van der Waals surface area (Å²) in [6.45, 7) is 0.168. The molecule has 0 spiro atoms. The molecule has 0 bridgehead atoms. The van der Waals surface area contributed by atoms with Crippen LogP contribution in [-0.4, -0.2) is 40.9 Å². The summed E-state index contributed by atoms with van der Waals surface area (Å²) in [5.41, 5.74) is 2.75. The van der Waals surface area contributed by atoms with E-state index in [4.69, 9.17) is 13.9 Å². The number of aliphatic hydroxyl groups is 1. The molecule has 3 heterocycles. The second kappa shape index (κ2) is 9.15. The average Bonchev–Trinajstić information content (AvgIpc) is 3.64. The molecule has 1 aliphatic heterocycles. The van der Waals surface area contributed by atoms with Crippen LogP contribution in [0.5, 0.6) is 11.5 Å². The molecule has 2 N–H and O–H groups in total. The maximum absolute atomic E-state index is 13.9. The van der Waals surface area contributed by atoms with Gasteiger partial charge in [0.2, 0.25) is 5.78 Å². The predicted octanol–water partition coefficient (Wildman–Crippen LogP) is 5.71. The number of H-pyrrole nitrogens is 1. The first-order valence-corrected chi connectivity index (χ1v) is 12.0. The Hall–Kier alpha value is -4.98. The largest absolute Gasteiger partial charge is 0.503 e. The van der Waals surface area contributed by atoms with Crippen molar-refractivity contribution in [2.45, 2.75) is 12.6 Å². The van der Waals surface area contributed by atoms with Crippen LogP contribution < -0.4 is 9.47 Å². The number of aliphatic hydroxyl groups excluding tert-OH is 1.